The van der Waals surface area contributed by atoms with Crippen LogP contribution in [0, 0.1) is 11.8 Å². The molecule has 0 aromatic heterocycles. The molecule has 3 aliphatic carbocycles. The molecular weight excluding hydrogens is 264 g/mol. The molecule has 0 aromatic rings. The Morgan fingerprint density at radius 1 is 1.24 bits per heavy atom. The van der Waals surface area contributed by atoms with Crippen LogP contribution in [-0.4, -0.2) is 49.2 Å². The van der Waals surface area contributed by atoms with E-state index in [1.165, 1.54) is 32.1 Å². The van der Waals surface area contributed by atoms with Crippen molar-refractivity contribution >= 4 is 5.97 Å². The Morgan fingerprint density at radius 2 is 1.95 bits per heavy atom. The van der Waals surface area contributed by atoms with Gasteiger partial charge in [0.1, 0.15) is 5.54 Å². The van der Waals surface area contributed by atoms with Gasteiger partial charge in [0.15, 0.2) is 0 Å². The predicted octanol–water partition coefficient (Wildman–Crippen LogP) is 2.18. The fourth-order valence-electron chi connectivity index (χ4n) is 3.62. The number of nitrogens with one attached hydrogen (secondary N) is 1. The number of carbonyl (C=O) groups excluding carboxylic acids is 1. The van der Waals surface area contributed by atoms with Crippen molar-refractivity contribution in [3.63, 3.8) is 0 Å². The molecule has 1 unspecified atom stereocenters. The summed E-state index contributed by atoms with van der Waals surface area (Å²) in [7, 11) is 2.17. The van der Waals surface area contributed by atoms with Gasteiger partial charge >= 0.3 is 5.97 Å². The average molecular weight is 294 g/mol. The molecule has 0 aromatic carbocycles. The molecule has 0 spiro atoms. The Kier molecular flexibility index (Phi) is 4.55. The van der Waals surface area contributed by atoms with E-state index in [0.717, 1.165) is 31.8 Å². The lowest BCUT2D eigenvalue weighted by Crippen LogP contribution is -2.62. The third-order valence-corrected chi connectivity index (χ3v) is 5.27. The number of nitrogens with zero attached hydrogens (tertiary/aromatic N) is 1. The van der Waals surface area contributed by atoms with Crippen LogP contribution in [0.3, 0.4) is 0 Å². The van der Waals surface area contributed by atoms with Crippen LogP contribution in [0.1, 0.15) is 51.9 Å². The van der Waals surface area contributed by atoms with Crippen molar-refractivity contribution in [2.75, 3.05) is 26.7 Å². The molecule has 0 radical (unpaired) electrons. The Hall–Kier alpha value is -0.610. The minimum absolute atomic E-state index is 0.0140. The maximum atomic E-state index is 12.7. The van der Waals surface area contributed by atoms with E-state index in [9.17, 15) is 4.79 Å². The first-order valence-electron chi connectivity index (χ1n) is 8.77. The van der Waals surface area contributed by atoms with E-state index < -0.39 is 5.54 Å². The second-order valence-electron chi connectivity index (χ2n) is 7.38. The SMILES string of the molecule is CCOC(=O)C(CN(C)CC1CCC1)(NC1CC1)C1CC1. The Bertz CT molecular complexity index is 375. The zero-order valence-corrected chi connectivity index (χ0v) is 13.6. The van der Waals surface area contributed by atoms with Crippen LogP contribution in [-0.2, 0) is 9.53 Å². The van der Waals surface area contributed by atoms with Gasteiger partial charge in [0.25, 0.3) is 0 Å². The Labute approximate surface area is 128 Å². The summed E-state index contributed by atoms with van der Waals surface area (Å²) < 4.78 is 5.46. The van der Waals surface area contributed by atoms with E-state index >= 15 is 0 Å². The molecular formula is C17H30N2O2. The lowest BCUT2D eigenvalue weighted by molar-refractivity contribution is -0.153. The Morgan fingerprint density at radius 3 is 2.43 bits per heavy atom. The minimum atomic E-state index is -0.449. The first-order chi connectivity index (χ1) is 10.1. The van der Waals surface area contributed by atoms with Crippen molar-refractivity contribution in [2.24, 2.45) is 11.8 Å². The van der Waals surface area contributed by atoms with Gasteiger partial charge in [-0.15, -0.1) is 0 Å². The van der Waals surface area contributed by atoms with Crippen LogP contribution < -0.4 is 5.32 Å². The summed E-state index contributed by atoms with van der Waals surface area (Å²) in [6.45, 7) is 4.32. The average Bonchev–Trinajstić information content (AvgIpc) is 3.24. The number of ether oxygens (including phenoxy) is 1. The fraction of sp³-hybridized carbons (Fsp3) is 0.941. The number of hydrogen-bond acceptors (Lipinski definition) is 4. The number of esters is 1. The van der Waals surface area contributed by atoms with Gasteiger partial charge in [0, 0.05) is 19.1 Å². The molecule has 3 aliphatic rings. The molecule has 4 nitrogen and oxygen atoms in total. The van der Waals surface area contributed by atoms with Crippen molar-refractivity contribution < 1.29 is 9.53 Å². The van der Waals surface area contributed by atoms with Crippen LogP contribution in [0.15, 0.2) is 0 Å². The van der Waals surface area contributed by atoms with Crippen LogP contribution in [0.2, 0.25) is 0 Å². The molecule has 0 aliphatic heterocycles. The van der Waals surface area contributed by atoms with Crippen molar-refractivity contribution in [3.05, 3.63) is 0 Å². The van der Waals surface area contributed by atoms with E-state index in [1.54, 1.807) is 0 Å². The highest BCUT2D eigenvalue weighted by Gasteiger charge is 2.54. The summed E-state index contributed by atoms with van der Waals surface area (Å²) in [5.41, 5.74) is -0.449. The van der Waals surface area contributed by atoms with E-state index in [0.29, 0.717) is 18.6 Å². The standard InChI is InChI=1S/C17H30N2O2/c1-3-21-16(20)17(14-7-8-14,18-15-9-10-15)12-19(2)11-13-5-4-6-13/h13-15,18H,3-12H2,1-2H3. The van der Waals surface area contributed by atoms with Gasteiger partial charge in [-0.05, 0) is 64.3 Å². The van der Waals surface area contributed by atoms with E-state index in [2.05, 4.69) is 17.3 Å². The molecule has 3 rings (SSSR count). The van der Waals surface area contributed by atoms with Crippen molar-refractivity contribution in [1.82, 2.24) is 10.2 Å². The molecule has 0 bridgehead atoms. The van der Waals surface area contributed by atoms with Gasteiger partial charge < -0.3 is 9.64 Å². The quantitative estimate of drug-likeness (QED) is 0.662. The van der Waals surface area contributed by atoms with Crippen LogP contribution in [0.25, 0.3) is 0 Å². The largest absolute Gasteiger partial charge is 0.465 e. The van der Waals surface area contributed by atoms with E-state index in [-0.39, 0.29) is 5.97 Å². The molecule has 1 N–H and O–H groups in total. The molecule has 0 amide bonds. The summed E-state index contributed by atoms with van der Waals surface area (Å²) in [6.07, 6.45) is 8.84. The summed E-state index contributed by atoms with van der Waals surface area (Å²) in [6, 6.07) is 0.534. The highest BCUT2D eigenvalue weighted by atomic mass is 16.5. The molecule has 0 heterocycles. The van der Waals surface area contributed by atoms with Gasteiger partial charge in [0.05, 0.1) is 6.61 Å². The highest BCUT2D eigenvalue weighted by molar-refractivity contribution is 5.82. The van der Waals surface area contributed by atoms with Crippen molar-refractivity contribution in [2.45, 2.75) is 63.5 Å². The Balaban J connectivity index is 1.67. The molecule has 3 saturated carbocycles. The van der Waals surface area contributed by atoms with Gasteiger partial charge in [-0.25, -0.2) is 4.79 Å². The first kappa shape index (κ1) is 15.3. The second kappa shape index (κ2) is 6.25. The molecule has 0 saturated heterocycles. The van der Waals surface area contributed by atoms with Crippen LogP contribution >= 0.6 is 0 Å². The molecule has 120 valence electrons. The topological polar surface area (TPSA) is 41.6 Å². The smallest absolute Gasteiger partial charge is 0.327 e. The molecule has 21 heavy (non-hydrogen) atoms. The van der Waals surface area contributed by atoms with Gasteiger partial charge in [-0.3, -0.25) is 5.32 Å². The number of likely N-dealkylation sites (N-methyl/N-ethyl adjacent to an activating group) is 1. The third-order valence-electron chi connectivity index (χ3n) is 5.27. The second-order valence-corrected chi connectivity index (χ2v) is 7.38. The molecule has 4 heteroatoms. The van der Waals surface area contributed by atoms with E-state index in [4.69, 9.17) is 4.74 Å². The van der Waals surface area contributed by atoms with Gasteiger partial charge in [-0.1, -0.05) is 6.42 Å². The number of rotatable bonds is 9. The van der Waals surface area contributed by atoms with Crippen LogP contribution in [0.5, 0.6) is 0 Å². The van der Waals surface area contributed by atoms with Crippen molar-refractivity contribution in [3.8, 4) is 0 Å². The summed E-state index contributed by atoms with van der Waals surface area (Å²) in [5.74, 6) is 1.30. The maximum absolute atomic E-state index is 12.7. The summed E-state index contributed by atoms with van der Waals surface area (Å²) in [5, 5.41) is 3.67. The van der Waals surface area contributed by atoms with Crippen LogP contribution in [0.4, 0.5) is 0 Å². The molecule has 1 atom stereocenters. The first-order valence-corrected chi connectivity index (χ1v) is 8.77. The van der Waals surface area contributed by atoms with Gasteiger partial charge in [-0.2, -0.15) is 0 Å². The third kappa shape index (κ3) is 3.59. The van der Waals surface area contributed by atoms with E-state index in [1.807, 2.05) is 6.92 Å². The number of hydrogen-bond donors (Lipinski definition) is 1. The number of carbonyl (C=O) groups is 1. The highest BCUT2D eigenvalue weighted by Crippen LogP contribution is 2.43. The zero-order valence-electron chi connectivity index (χ0n) is 13.6. The zero-order chi connectivity index (χ0) is 14.9. The predicted molar refractivity (Wildman–Crippen MR) is 83.1 cm³/mol. The van der Waals surface area contributed by atoms with Crippen molar-refractivity contribution in [1.29, 1.82) is 0 Å². The lowest BCUT2D eigenvalue weighted by atomic mass is 9.84. The van der Waals surface area contributed by atoms with Gasteiger partial charge in [0.2, 0.25) is 0 Å². The monoisotopic (exact) mass is 294 g/mol. The fourth-order valence-corrected chi connectivity index (χ4v) is 3.62. The maximum Gasteiger partial charge on any atom is 0.327 e. The summed E-state index contributed by atoms with van der Waals surface area (Å²) >= 11 is 0. The normalized spacial score (nSPS) is 25.5. The minimum Gasteiger partial charge on any atom is -0.465 e. The lowest BCUT2D eigenvalue weighted by Gasteiger charge is -2.38. The molecule has 3 fully saturated rings. The summed E-state index contributed by atoms with van der Waals surface area (Å²) in [4.78, 5) is 15.1.